The molecule has 0 aliphatic carbocycles. The third-order valence-electron chi connectivity index (χ3n) is 4.23. The standard InChI is InChI=1S/C17H37BrN.HI/c1-4-6-8-10-11-13-16-19(3,17-14-18)15-12-9-7-5-2;/h4-17H2,1-3H3;1H/q+1;/p-1. The normalized spacial score (nSPS) is 13.8. The van der Waals surface area contributed by atoms with E-state index in [9.17, 15) is 0 Å². The molecule has 0 saturated heterocycles. The van der Waals surface area contributed by atoms with E-state index in [2.05, 4.69) is 36.8 Å². The second-order valence-corrected chi connectivity index (χ2v) is 7.10. The summed E-state index contributed by atoms with van der Waals surface area (Å²) in [4.78, 5) is 0. The summed E-state index contributed by atoms with van der Waals surface area (Å²) < 4.78 is 1.28. The van der Waals surface area contributed by atoms with Crippen molar-refractivity contribution in [2.24, 2.45) is 0 Å². The first kappa shape index (κ1) is 23.4. The molecular formula is C17H37BrIN. The predicted molar refractivity (Wildman–Crippen MR) is 92.1 cm³/mol. The molecule has 1 nitrogen and oxygen atoms in total. The lowest BCUT2D eigenvalue weighted by molar-refractivity contribution is -0.907. The van der Waals surface area contributed by atoms with Crippen molar-refractivity contribution < 1.29 is 28.5 Å². The minimum Gasteiger partial charge on any atom is -1.00 e. The van der Waals surface area contributed by atoms with Gasteiger partial charge >= 0.3 is 0 Å². The van der Waals surface area contributed by atoms with E-state index in [-0.39, 0.29) is 24.0 Å². The Balaban J connectivity index is 0. The van der Waals surface area contributed by atoms with Gasteiger partial charge in [0.1, 0.15) is 0 Å². The van der Waals surface area contributed by atoms with Crippen LogP contribution >= 0.6 is 15.9 Å². The van der Waals surface area contributed by atoms with Crippen LogP contribution in [0.2, 0.25) is 0 Å². The Morgan fingerprint density at radius 2 is 1.05 bits per heavy atom. The third kappa shape index (κ3) is 14.1. The number of hydrogen-bond donors (Lipinski definition) is 0. The van der Waals surface area contributed by atoms with Crippen LogP contribution in [0.1, 0.15) is 78.1 Å². The summed E-state index contributed by atoms with van der Waals surface area (Å²) in [6.45, 7) is 8.63. The Hall–Kier alpha value is 1.17. The molecule has 124 valence electrons. The molecule has 0 fully saturated rings. The van der Waals surface area contributed by atoms with Crippen molar-refractivity contribution in [1.82, 2.24) is 0 Å². The fourth-order valence-corrected chi connectivity index (χ4v) is 3.59. The Morgan fingerprint density at radius 3 is 1.50 bits per heavy atom. The average molecular weight is 462 g/mol. The molecule has 0 amide bonds. The lowest BCUT2D eigenvalue weighted by Crippen LogP contribution is -3.00. The smallest absolute Gasteiger partial charge is 0.0883 e. The molecule has 0 aromatic rings. The Morgan fingerprint density at radius 1 is 0.650 bits per heavy atom. The van der Waals surface area contributed by atoms with Crippen LogP contribution in [0.4, 0.5) is 0 Å². The molecule has 0 radical (unpaired) electrons. The molecule has 0 heterocycles. The Kier molecular flexibility index (Phi) is 19.4. The zero-order valence-electron chi connectivity index (χ0n) is 14.1. The van der Waals surface area contributed by atoms with Crippen molar-refractivity contribution in [1.29, 1.82) is 0 Å². The highest BCUT2D eigenvalue weighted by Gasteiger charge is 2.19. The minimum atomic E-state index is 0. The fourth-order valence-electron chi connectivity index (χ4n) is 2.73. The van der Waals surface area contributed by atoms with Gasteiger partial charge in [0.25, 0.3) is 0 Å². The number of halogens is 2. The van der Waals surface area contributed by atoms with Gasteiger partial charge in [-0.15, -0.1) is 0 Å². The summed E-state index contributed by atoms with van der Waals surface area (Å²) in [6.07, 6.45) is 14.1. The molecule has 0 spiro atoms. The van der Waals surface area contributed by atoms with Gasteiger partial charge in [-0.3, -0.25) is 0 Å². The molecule has 0 aromatic heterocycles. The van der Waals surface area contributed by atoms with Crippen molar-refractivity contribution in [3.63, 3.8) is 0 Å². The third-order valence-corrected chi connectivity index (χ3v) is 4.58. The molecule has 1 unspecified atom stereocenters. The average Bonchev–Trinajstić information content (AvgIpc) is 2.39. The van der Waals surface area contributed by atoms with Crippen LogP contribution in [0.5, 0.6) is 0 Å². The first-order valence-electron chi connectivity index (χ1n) is 8.58. The Labute approximate surface area is 154 Å². The van der Waals surface area contributed by atoms with E-state index in [0.29, 0.717) is 0 Å². The van der Waals surface area contributed by atoms with Gasteiger partial charge in [-0.25, -0.2) is 0 Å². The van der Waals surface area contributed by atoms with E-state index in [1.54, 1.807) is 0 Å². The predicted octanol–water partition coefficient (Wildman–Crippen LogP) is 2.77. The number of rotatable bonds is 14. The topological polar surface area (TPSA) is 0 Å². The second kappa shape index (κ2) is 16.5. The number of nitrogens with zero attached hydrogens (tertiary/aromatic N) is 1. The van der Waals surface area contributed by atoms with Gasteiger partial charge < -0.3 is 28.5 Å². The molecular weight excluding hydrogens is 425 g/mol. The highest BCUT2D eigenvalue weighted by Crippen LogP contribution is 2.13. The van der Waals surface area contributed by atoms with Crippen LogP contribution in [0, 0.1) is 0 Å². The molecule has 1 atom stereocenters. The van der Waals surface area contributed by atoms with Crippen molar-refractivity contribution in [3.05, 3.63) is 0 Å². The molecule has 0 aromatic carbocycles. The molecule has 3 heteroatoms. The van der Waals surface area contributed by atoms with Gasteiger partial charge in [-0.2, -0.15) is 0 Å². The zero-order chi connectivity index (χ0) is 14.4. The molecule has 0 rings (SSSR count). The highest BCUT2D eigenvalue weighted by atomic mass is 127. The first-order chi connectivity index (χ1) is 9.18. The van der Waals surface area contributed by atoms with Crippen molar-refractivity contribution in [2.45, 2.75) is 78.1 Å². The summed E-state index contributed by atoms with van der Waals surface area (Å²) in [5.41, 5.74) is 0. The maximum atomic E-state index is 3.64. The van der Waals surface area contributed by atoms with E-state index in [4.69, 9.17) is 0 Å². The largest absolute Gasteiger partial charge is 1.00 e. The van der Waals surface area contributed by atoms with Crippen LogP contribution in [0.3, 0.4) is 0 Å². The summed E-state index contributed by atoms with van der Waals surface area (Å²) in [7, 11) is 2.46. The summed E-state index contributed by atoms with van der Waals surface area (Å²) in [5.74, 6) is 0. The van der Waals surface area contributed by atoms with Crippen LogP contribution in [-0.2, 0) is 0 Å². The maximum Gasteiger partial charge on any atom is 0.0883 e. The number of unbranched alkanes of at least 4 members (excludes halogenated alkanes) is 8. The van der Waals surface area contributed by atoms with Crippen molar-refractivity contribution >= 4 is 15.9 Å². The minimum absolute atomic E-state index is 0. The van der Waals surface area contributed by atoms with Gasteiger partial charge in [0.05, 0.1) is 32.0 Å². The maximum absolute atomic E-state index is 3.64. The molecule has 0 N–H and O–H groups in total. The van der Waals surface area contributed by atoms with Crippen LogP contribution in [0.15, 0.2) is 0 Å². The van der Waals surface area contributed by atoms with Gasteiger partial charge in [0.2, 0.25) is 0 Å². The lowest BCUT2D eigenvalue weighted by atomic mass is 10.1. The van der Waals surface area contributed by atoms with Gasteiger partial charge in [0.15, 0.2) is 0 Å². The number of alkyl halides is 1. The first-order valence-corrected chi connectivity index (χ1v) is 9.70. The second-order valence-electron chi connectivity index (χ2n) is 6.31. The van der Waals surface area contributed by atoms with Gasteiger partial charge in [-0.05, 0) is 25.7 Å². The molecule has 0 saturated carbocycles. The summed E-state index contributed by atoms with van der Waals surface area (Å²) >= 11 is 3.64. The summed E-state index contributed by atoms with van der Waals surface area (Å²) in [5, 5.41) is 1.15. The Bertz CT molecular complexity index is 190. The van der Waals surface area contributed by atoms with Crippen LogP contribution < -0.4 is 24.0 Å². The highest BCUT2D eigenvalue weighted by molar-refractivity contribution is 9.09. The van der Waals surface area contributed by atoms with Crippen LogP contribution in [0.25, 0.3) is 0 Å². The van der Waals surface area contributed by atoms with Crippen LogP contribution in [-0.4, -0.2) is 36.5 Å². The lowest BCUT2D eigenvalue weighted by Gasteiger charge is -2.34. The molecule has 0 aliphatic heterocycles. The monoisotopic (exact) mass is 461 g/mol. The zero-order valence-corrected chi connectivity index (χ0v) is 17.8. The van der Waals surface area contributed by atoms with E-state index < -0.39 is 0 Å². The van der Waals surface area contributed by atoms with E-state index >= 15 is 0 Å². The SMILES string of the molecule is CCCCCCCC[N+](C)(CCBr)CCCCCC.[I-]. The van der Waals surface area contributed by atoms with E-state index in [0.717, 1.165) is 5.33 Å². The van der Waals surface area contributed by atoms with Gasteiger partial charge in [0, 0.05) is 0 Å². The summed E-state index contributed by atoms with van der Waals surface area (Å²) in [6, 6.07) is 0. The molecule has 20 heavy (non-hydrogen) atoms. The molecule has 0 bridgehead atoms. The quantitative estimate of drug-likeness (QED) is 0.161. The number of quaternary nitrogens is 1. The van der Waals surface area contributed by atoms with Crippen molar-refractivity contribution in [2.75, 3.05) is 32.0 Å². The van der Waals surface area contributed by atoms with E-state index in [1.807, 2.05) is 0 Å². The van der Waals surface area contributed by atoms with Crippen molar-refractivity contribution in [3.8, 4) is 0 Å². The molecule has 0 aliphatic rings. The van der Waals surface area contributed by atoms with E-state index in [1.165, 1.54) is 88.3 Å². The van der Waals surface area contributed by atoms with Gasteiger partial charge in [-0.1, -0.05) is 68.3 Å². The fraction of sp³-hybridized carbons (Fsp3) is 1.00. The number of hydrogen-bond acceptors (Lipinski definition) is 0.